The number of tetrazole rings is 1. The van der Waals surface area contributed by atoms with Gasteiger partial charge in [-0.3, -0.25) is 4.79 Å². The minimum absolute atomic E-state index is 0.00143. The van der Waals surface area contributed by atoms with E-state index in [2.05, 4.69) is 39.6 Å². The van der Waals surface area contributed by atoms with Gasteiger partial charge in [-0.25, -0.2) is 4.68 Å². The van der Waals surface area contributed by atoms with E-state index in [0.29, 0.717) is 17.7 Å². The number of likely N-dealkylation sites (tertiary alicyclic amines) is 1. The third-order valence-electron chi connectivity index (χ3n) is 5.39. The van der Waals surface area contributed by atoms with Crippen LogP contribution in [0.5, 0.6) is 0 Å². The maximum atomic E-state index is 12.3. The van der Waals surface area contributed by atoms with E-state index in [1.54, 1.807) is 11.6 Å². The Morgan fingerprint density at radius 2 is 2.13 bits per heavy atom. The van der Waals surface area contributed by atoms with Gasteiger partial charge in [0.05, 0.1) is 0 Å². The molecule has 0 radical (unpaired) electrons. The van der Waals surface area contributed by atoms with Crippen LogP contribution < -0.4 is 5.32 Å². The van der Waals surface area contributed by atoms with Gasteiger partial charge in [-0.15, -0.1) is 5.10 Å². The van der Waals surface area contributed by atoms with E-state index in [9.17, 15) is 4.79 Å². The molecule has 1 aromatic heterocycles. The fraction of sp³-hybridized carbons (Fsp3) is 0.875. The summed E-state index contributed by atoms with van der Waals surface area (Å²) in [6.07, 6.45) is 4.13. The van der Waals surface area contributed by atoms with Gasteiger partial charge in [0, 0.05) is 25.7 Å². The summed E-state index contributed by atoms with van der Waals surface area (Å²) >= 11 is 0. The van der Waals surface area contributed by atoms with Crippen molar-refractivity contribution in [2.45, 2.75) is 52.6 Å². The number of carbonyl (C=O) groups is 1. The SMILES string of the molecule is Cc1nnnn1CC(=O)NC1CN(CC2CCC2)CC1C(C)C. The van der Waals surface area contributed by atoms with Gasteiger partial charge in [-0.2, -0.15) is 0 Å². The van der Waals surface area contributed by atoms with Gasteiger partial charge >= 0.3 is 0 Å². The first-order valence-electron chi connectivity index (χ1n) is 8.77. The van der Waals surface area contributed by atoms with Crippen molar-refractivity contribution in [3.63, 3.8) is 0 Å². The first kappa shape index (κ1) is 16.4. The van der Waals surface area contributed by atoms with Crippen LogP contribution >= 0.6 is 0 Å². The molecule has 2 unspecified atom stereocenters. The molecule has 0 spiro atoms. The number of nitrogens with zero attached hydrogens (tertiary/aromatic N) is 5. The summed E-state index contributed by atoms with van der Waals surface area (Å²) in [7, 11) is 0. The van der Waals surface area contributed by atoms with Gasteiger partial charge in [0.15, 0.2) is 0 Å². The summed E-state index contributed by atoms with van der Waals surface area (Å²) in [5, 5.41) is 14.5. The molecule has 2 heterocycles. The fourth-order valence-corrected chi connectivity index (χ4v) is 3.72. The third kappa shape index (κ3) is 3.88. The van der Waals surface area contributed by atoms with Crippen LogP contribution in [0.2, 0.25) is 0 Å². The van der Waals surface area contributed by atoms with Gasteiger partial charge in [0.25, 0.3) is 0 Å². The summed E-state index contributed by atoms with van der Waals surface area (Å²) in [4.78, 5) is 14.9. The van der Waals surface area contributed by atoms with Crippen molar-refractivity contribution in [1.29, 1.82) is 0 Å². The molecular formula is C16H28N6O. The molecule has 1 aliphatic heterocycles. The van der Waals surface area contributed by atoms with E-state index >= 15 is 0 Å². The highest BCUT2D eigenvalue weighted by Crippen LogP contribution is 2.31. The number of nitrogens with one attached hydrogen (secondary N) is 1. The smallest absolute Gasteiger partial charge is 0.242 e. The van der Waals surface area contributed by atoms with E-state index in [4.69, 9.17) is 0 Å². The van der Waals surface area contributed by atoms with Crippen LogP contribution in [0, 0.1) is 24.7 Å². The molecular weight excluding hydrogens is 292 g/mol. The summed E-state index contributed by atoms with van der Waals surface area (Å²) in [6, 6.07) is 0.236. The van der Waals surface area contributed by atoms with E-state index < -0.39 is 0 Å². The number of carbonyl (C=O) groups excluding carboxylic acids is 1. The maximum Gasteiger partial charge on any atom is 0.242 e. The van der Waals surface area contributed by atoms with Crippen LogP contribution in [0.15, 0.2) is 0 Å². The van der Waals surface area contributed by atoms with E-state index in [1.165, 1.54) is 25.8 Å². The third-order valence-corrected chi connectivity index (χ3v) is 5.39. The highest BCUT2D eigenvalue weighted by atomic mass is 16.2. The molecule has 128 valence electrons. The molecule has 1 saturated carbocycles. The quantitative estimate of drug-likeness (QED) is 0.841. The van der Waals surface area contributed by atoms with E-state index in [0.717, 1.165) is 19.0 Å². The molecule has 1 saturated heterocycles. The maximum absolute atomic E-state index is 12.3. The topological polar surface area (TPSA) is 75.9 Å². The zero-order valence-corrected chi connectivity index (χ0v) is 14.4. The van der Waals surface area contributed by atoms with Gasteiger partial charge in [-0.1, -0.05) is 20.3 Å². The predicted octanol–water partition coefficient (Wildman–Crippen LogP) is 0.854. The number of amides is 1. The monoisotopic (exact) mass is 320 g/mol. The average Bonchev–Trinajstić information content (AvgIpc) is 3.01. The minimum atomic E-state index is 0.00143. The van der Waals surface area contributed by atoms with Crippen LogP contribution in [0.4, 0.5) is 0 Å². The van der Waals surface area contributed by atoms with Crippen molar-refractivity contribution < 1.29 is 4.79 Å². The van der Waals surface area contributed by atoms with Crippen LogP contribution in [-0.4, -0.2) is 56.7 Å². The second kappa shape index (κ2) is 6.95. The molecule has 1 aliphatic carbocycles. The number of hydrogen-bond acceptors (Lipinski definition) is 5. The molecule has 1 N–H and O–H groups in total. The Morgan fingerprint density at radius 3 is 2.70 bits per heavy atom. The molecule has 0 bridgehead atoms. The summed E-state index contributed by atoms with van der Waals surface area (Å²) in [5.74, 6) is 2.64. The molecule has 2 atom stereocenters. The van der Waals surface area contributed by atoms with Crippen molar-refractivity contribution in [3.05, 3.63) is 5.82 Å². The Morgan fingerprint density at radius 1 is 1.35 bits per heavy atom. The molecule has 1 amide bonds. The first-order chi connectivity index (χ1) is 11.0. The van der Waals surface area contributed by atoms with Gasteiger partial charge in [0.1, 0.15) is 12.4 Å². The Kier molecular flexibility index (Phi) is 4.94. The van der Waals surface area contributed by atoms with Crippen LogP contribution in [0.3, 0.4) is 0 Å². The van der Waals surface area contributed by atoms with Crippen LogP contribution in [0.25, 0.3) is 0 Å². The lowest BCUT2D eigenvalue weighted by Gasteiger charge is -2.30. The van der Waals surface area contributed by atoms with E-state index in [1.807, 2.05) is 0 Å². The molecule has 0 aromatic carbocycles. The number of aromatic nitrogens is 4. The zero-order valence-electron chi connectivity index (χ0n) is 14.4. The summed E-state index contributed by atoms with van der Waals surface area (Å²) < 4.78 is 1.54. The normalized spacial score (nSPS) is 25.7. The first-order valence-corrected chi connectivity index (χ1v) is 8.77. The van der Waals surface area contributed by atoms with Crippen molar-refractivity contribution in [1.82, 2.24) is 30.4 Å². The van der Waals surface area contributed by atoms with Crippen LogP contribution in [-0.2, 0) is 11.3 Å². The van der Waals surface area contributed by atoms with E-state index in [-0.39, 0.29) is 18.5 Å². The molecule has 7 nitrogen and oxygen atoms in total. The number of aryl methyl sites for hydroxylation is 1. The summed E-state index contributed by atoms with van der Waals surface area (Å²) in [6.45, 7) is 9.78. The van der Waals surface area contributed by atoms with Crippen molar-refractivity contribution in [2.24, 2.45) is 17.8 Å². The van der Waals surface area contributed by atoms with Crippen molar-refractivity contribution in [2.75, 3.05) is 19.6 Å². The Bertz CT molecular complexity index is 538. The van der Waals surface area contributed by atoms with Crippen LogP contribution in [0.1, 0.15) is 38.9 Å². The minimum Gasteiger partial charge on any atom is -0.350 e. The molecule has 3 rings (SSSR count). The molecule has 2 fully saturated rings. The lowest BCUT2D eigenvalue weighted by molar-refractivity contribution is -0.122. The molecule has 2 aliphatic rings. The second-order valence-electron chi connectivity index (χ2n) is 7.48. The second-order valence-corrected chi connectivity index (χ2v) is 7.48. The summed E-state index contributed by atoms with van der Waals surface area (Å²) in [5.41, 5.74) is 0. The molecule has 7 heteroatoms. The Hall–Kier alpha value is -1.50. The standard InChI is InChI=1S/C16H28N6O/c1-11(2)14-8-21(7-13-5-4-6-13)9-15(14)17-16(23)10-22-12(3)18-19-20-22/h11,13-15H,4-10H2,1-3H3,(H,17,23). The largest absolute Gasteiger partial charge is 0.350 e. The lowest BCUT2D eigenvalue weighted by atomic mass is 9.85. The highest BCUT2D eigenvalue weighted by molar-refractivity contribution is 5.76. The lowest BCUT2D eigenvalue weighted by Crippen LogP contribution is -2.43. The number of rotatable bonds is 6. The van der Waals surface area contributed by atoms with Crippen molar-refractivity contribution in [3.8, 4) is 0 Å². The fourth-order valence-electron chi connectivity index (χ4n) is 3.72. The Balaban J connectivity index is 1.55. The van der Waals surface area contributed by atoms with Crippen molar-refractivity contribution >= 4 is 5.91 Å². The van der Waals surface area contributed by atoms with Gasteiger partial charge in [-0.05, 0) is 47.9 Å². The Labute approximate surface area is 137 Å². The van der Waals surface area contributed by atoms with Gasteiger partial charge < -0.3 is 10.2 Å². The predicted molar refractivity (Wildman–Crippen MR) is 86.6 cm³/mol. The molecule has 23 heavy (non-hydrogen) atoms. The average molecular weight is 320 g/mol. The number of hydrogen-bond donors (Lipinski definition) is 1. The van der Waals surface area contributed by atoms with Gasteiger partial charge in [0.2, 0.25) is 5.91 Å². The zero-order chi connectivity index (χ0) is 16.4. The molecule has 1 aromatic rings. The highest BCUT2D eigenvalue weighted by Gasteiger charge is 2.36.